The van der Waals surface area contributed by atoms with Crippen molar-refractivity contribution in [2.45, 2.75) is 0 Å². The summed E-state index contributed by atoms with van der Waals surface area (Å²) in [5.74, 6) is -0.499. The lowest BCUT2D eigenvalue weighted by atomic mass is 10.2. The third-order valence-corrected chi connectivity index (χ3v) is 6.03. The first-order valence-electron chi connectivity index (χ1n) is 9.11. The molecule has 0 aliphatic rings. The number of nitrogens with zero attached hydrogens (tertiary/aromatic N) is 1. The first kappa shape index (κ1) is 22.7. The quantitative estimate of drug-likeness (QED) is 0.132. The maximum absolute atomic E-state index is 12.6. The Morgan fingerprint density at radius 3 is 2.35 bits per heavy atom. The molecule has 2 amide bonds. The van der Waals surface area contributed by atoms with Crippen molar-refractivity contribution in [3.05, 3.63) is 110 Å². The van der Waals surface area contributed by atoms with E-state index in [1.165, 1.54) is 12.3 Å². The van der Waals surface area contributed by atoms with Crippen LogP contribution < -0.4 is 10.7 Å². The van der Waals surface area contributed by atoms with Gasteiger partial charge in [-0.2, -0.15) is 5.10 Å². The minimum atomic E-state index is -0.571. The summed E-state index contributed by atoms with van der Waals surface area (Å²) in [6, 6.07) is 20.0. The highest BCUT2D eigenvalue weighted by atomic mass is 127. The zero-order chi connectivity index (χ0) is 22.1. The summed E-state index contributed by atoms with van der Waals surface area (Å²) in [7, 11) is 0. The summed E-state index contributed by atoms with van der Waals surface area (Å²) in [6.07, 6.45) is 6.41. The van der Waals surface area contributed by atoms with Gasteiger partial charge >= 0.3 is 0 Å². The lowest BCUT2D eigenvalue weighted by Crippen LogP contribution is -2.32. The molecule has 31 heavy (non-hydrogen) atoms. The molecule has 0 spiro atoms. The molecular weight excluding hydrogens is 573 g/mol. The van der Waals surface area contributed by atoms with Crippen molar-refractivity contribution in [3.8, 4) is 0 Å². The van der Waals surface area contributed by atoms with Crippen LogP contribution in [0.15, 0.2) is 98.6 Å². The van der Waals surface area contributed by atoms with Gasteiger partial charge in [-0.05, 0) is 39.7 Å². The largest absolute Gasteiger partial charge is 0.448 e. The number of hydrogen-bond donors (Lipinski definition) is 2. The van der Waals surface area contributed by atoms with Gasteiger partial charge in [0, 0.05) is 34.2 Å². The topological polar surface area (TPSA) is 83.7 Å². The van der Waals surface area contributed by atoms with E-state index in [1.807, 2.05) is 65.1 Å². The minimum Gasteiger partial charge on any atom is -0.448 e. The maximum atomic E-state index is 12.6. The van der Waals surface area contributed by atoms with Crippen molar-refractivity contribution in [2.24, 2.45) is 5.10 Å². The van der Waals surface area contributed by atoms with Crippen molar-refractivity contribution < 1.29 is 14.0 Å². The summed E-state index contributed by atoms with van der Waals surface area (Å²) in [6.45, 7) is 0. The van der Waals surface area contributed by atoms with Crippen LogP contribution in [-0.4, -0.2) is 18.0 Å². The molecule has 0 unspecified atom stereocenters. The van der Waals surface area contributed by atoms with E-state index >= 15 is 0 Å². The van der Waals surface area contributed by atoms with E-state index in [0.717, 1.165) is 10.0 Å². The standard InChI is InChI=1S/C23H17BrIN3O3/c24-19-14-18(31-21(19)25)15-26-28-23(30)20(13-7-10-16-8-3-1-4-9-16)27-22(29)17-11-5-2-6-12-17/h1-15H,(H,27,29)(H,28,30). The highest BCUT2D eigenvalue weighted by Crippen LogP contribution is 2.21. The number of carbonyl (C=O) groups excluding carboxylic acids is 2. The Balaban J connectivity index is 1.74. The zero-order valence-electron chi connectivity index (χ0n) is 16.1. The van der Waals surface area contributed by atoms with Crippen LogP contribution in [0.5, 0.6) is 0 Å². The summed E-state index contributed by atoms with van der Waals surface area (Å²) in [5.41, 5.74) is 3.85. The maximum Gasteiger partial charge on any atom is 0.287 e. The van der Waals surface area contributed by atoms with Gasteiger partial charge in [0.05, 0.1) is 10.7 Å². The zero-order valence-corrected chi connectivity index (χ0v) is 19.8. The van der Waals surface area contributed by atoms with Crippen molar-refractivity contribution in [1.29, 1.82) is 0 Å². The Bertz CT molecular complexity index is 1120. The number of rotatable bonds is 7. The van der Waals surface area contributed by atoms with E-state index in [1.54, 1.807) is 36.4 Å². The Hall–Kier alpha value is -2.98. The number of nitrogens with one attached hydrogen (secondary N) is 2. The molecular formula is C23H17BrIN3O3. The second-order valence-electron chi connectivity index (χ2n) is 6.14. The smallest absolute Gasteiger partial charge is 0.287 e. The van der Waals surface area contributed by atoms with Crippen molar-refractivity contribution in [2.75, 3.05) is 0 Å². The predicted octanol–water partition coefficient (Wildman–Crippen LogP) is 5.12. The van der Waals surface area contributed by atoms with Crippen molar-refractivity contribution in [3.63, 3.8) is 0 Å². The average molecular weight is 590 g/mol. The molecule has 2 aromatic carbocycles. The summed E-state index contributed by atoms with van der Waals surface area (Å²) >= 11 is 5.38. The first-order chi connectivity index (χ1) is 15.0. The van der Waals surface area contributed by atoms with Crippen LogP contribution >= 0.6 is 38.5 Å². The number of allylic oxidation sites excluding steroid dienone is 2. The van der Waals surface area contributed by atoms with Crippen LogP contribution in [0.2, 0.25) is 0 Å². The molecule has 2 N–H and O–H groups in total. The molecule has 1 aromatic heterocycles. The van der Waals surface area contributed by atoms with Gasteiger partial charge < -0.3 is 9.73 Å². The Morgan fingerprint density at radius 1 is 1.03 bits per heavy atom. The molecule has 0 bridgehead atoms. The number of amides is 2. The molecule has 0 saturated heterocycles. The second-order valence-corrected chi connectivity index (χ2v) is 7.97. The number of furan rings is 1. The SMILES string of the molecule is O=C(NN=Cc1cc(Br)c(I)o1)C(=CC=Cc1ccccc1)NC(=O)c1ccccc1. The van der Waals surface area contributed by atoms with Gasteiger partial charge in [-0.25, -0.2) is 5.43 Å². The van der Waals surface area contributed by atoms with Crippen molar-refractivity contribution in [1.82, 2.24) is 10.7 Å². The van der Waals surface area contributed by atoms with Crippen LogP contribution in [0.4, 0.5) is 0 Å². The van der Waals surface area contributed by atoms with Gasteiger partial charge in [0.15, 0.2) is 3.77 Å². The van der Waals surface area contributed by atoms with Gasteiger partial charge in [0.2, 0.25) is 0 Å². The molecule has 0 fully saturated rings. The Labute approximate surface area is 201 Å². The molecule has 1 heterocycles. The Morgan fingerprint density at radius 2 is 1.71 bits per heavy atom. The van der Waals surface area contributed by atoms with E-state index in [2.05, 4.69) is 31.8 Å². The van der Waals surface area contributed by atoms with Gasteiger partial charge in [-0.3, -0.25) is 9.59 Å². The van der Waals surface area contributed by atoms with Crippen LogP contribution in [0.25, 0.3) is 6.08 Å². The van der Waals surface area contributed by atoms with E-state index < -0.39 is 11.8 Å². The molecule has 0 aliphatic carbocycles. The third-order valence-electron chi connectivity index (χ3n) is 3.90. The number of halogens is 2. The summed E-state index contributed by atoms with van der Waals surface area (Å²) in [5, 5.41) is 6.54. The van der Waals surface area contributed by atoms with Crippen LogP contribution in [0, 0.1) is 3.77 Å². The van der Waals surface area contributed by atoms with E-state index in [9.17, 15) is 9.59 Å². The molecule has 6 nitrogen and oxygen atoms in total. The number of hydrazone groups is 1. The van der Waals surface area contributed by atoms with Gasteiger partial charge in [-0.1, -0.05) is 60.7 Å². The fourth-order valence-corrected chi connectivity index (χ4v) is 3.14. The molecule has 0 radical (unpaired) electrons. The second kappa shape index (κ2) is 11.4. The first-order valence-corrected chi connectivity index (χ1v) is 11.0. The summed E-state index contributed by atoms with van der Waals surface area (Å²) < 4.78 is 6.90. The highest BCUT2D eigenvalue weighted by molar-refractivity contribution is 14.1. The minimum absolute atomic E-state index is 0.0494. The molecule has 156 valence electrons. The normalized spacial score (nSPS) is 11.7. The average Bonchev–Trinajstić information content (AvgIpc) is 3.11. The molecule has 3 aromatic rings. The van der Waals surface area contributed by atoms with Crippen LogP contribution in [0.3, 0.4) is 0 Å². The van der Waals surface area contributed by atoms with Gasteiger partial charge in [-0.15, -0.1) is 0 Å². The van der Waals surface area contributed by atoms with Crippen LogP contribution in [0.1, 0.15) is 21.7 Å². The predicted molar refractivity (Wildman–Crippen MR) is 132 cm³/mol. The molecule has 3 rings (SSSR count). The van der Waals surface area contributed by atoms with E-state index in [0.29, 0.717) is 15.1 Å². The number of carbonyl (C=O) groups is 2. The lowest BCUT2D eigenvalue weighted by molar-refractivity contribution is -0.117. The fraction of sp³-hybridized carbons (Fsp3) is 0. The van der Waals surface area contributed by atoms with Crippen molar-refractivity contribution >= 4 is 62.6 Å². The van der Waals surface area contributed by atoms with Gasteiger partial charge in [0.25, 0.3) is 11.8 Å². The lowest BCUT2D eigenvalue weighted by Gasteiger charge is -2.08. The molecule has 0 saturated carbocycles. The Kier molecular flexibility index (Phi) is 8.36. The summed E-state index contributed by atoms with van der Waals surface area (Å²) in [4.78, 5) is 25.1. The third kappa shape index (κ3) is 7.04. The number of benzene rings is 2. The highest BCUT2D eigenvalue weighted by Gasteiger charge is 2.13. The van der Waals surface area contributed by atoms with E-state index in [4.69, 9.17) is 4.42 Å². The van der Waals surface area contributed by atoms with Gasteiger partial charge in [0.1, 0.15) is 11.5 Å². The monoisotopic (exact) mass is 589 g/mol. The fourth-order valence-electron chi connectivity index (χ4n) is 2.42. The molecule has 8 heteroatoms. The molecule has 0 aliphatic heterocycles. The molecule has 0 atom stereocenters. The number of hydrogen-bond acceptors (Lipinski definition) is 4. The van der Waals surface area contributed by atoms with E-state index in [-0.39, 0.29) is 5.70 Å². The van der Waals surface area contributed by atoms with Crippen LogP contribution in [-0.2, 0) is 4.79 Å².